The first-order valence-electron chi connectivity index (χ1n) is 7.49. The van der Waals surface area contributed by atoms with Crippen LogP contribution < -0.4 is 10.7 Å². The Balaban J connectivity index is 1.63. The molecule has 0 saturated heterocycles. The molecule has 0 unspecified atom stereocenters. The molecule has 0 saturated carbocycles. The van der Waals surface area contributed by atoms with Crippen LogP contribution in [0.25, 0.3) is 10.9 Å². The van der Waals surface area contributed by atoms with Crippen LogP contribution in [0.15, 0.2) is 65.6 Å². The zero-order valence-electron chi connectivity index (χ0n) is 12.6. The summed E-state index contributed by atoms with van der Waals surface area (Å²) < 4.78 is 1.69. The molecule has 0 fully saturated rings. The number of hydrogen-bond acceptors (Lipinski definition) is 3. The topological polar surface area (TPSA) is 64.0 Å². The number of hydrogen-bond donors (Lipinski definition) is 1. The van der Waals surface area contributed by atoms with Crippen LogP contribution in [-0.2, 0) is 17.9 Å². The number of carbonyl (C=O) groups excluding carboxylic acids is 1. The Hall–Kier alpha value is -2.95. The Kier molecular flexibility index (Phi) is 4.47. The van der Waals surface area contributed by atoms with Gasteiger partial charge >= 0.3 is 0 Å². The zero-order chi connectivity index (χ0) is 16.1. The van der Waals surface area contributed by atoms with E-state index in [1.807, 2.05) is 48.5 Å². The molecule has 2 aromatic carbocycles. The van der Waals surface area contributed by atoms with Gasteiger partial charge in [-0.05, 0) is 17.7 Å². The lowest BCUT2D eigenvalue weighted by atomic mass is 10.2. The van der Waals surface area contributed by atoms with E-state index in [9.17, 15) is 9.59 Å². The van der Waals surface area contributed by atoms with Crippen molar-refractivity contribution >= 4 is 16.8 Å². The van der Waals surface area contributed by atoms with Crippen LogP contribution in [0.4, 0.5) is 0 Å². The van der Waals surface area contributed by atoms with E-state index in [1.54, 1.807) is 10.7 Å². The maximum Gasteiger partial charge on any atom is 0.222 e. The molecule has 5 nitrogen and oxygen atoms in total. The Morgan fingerprint density at radius 1 is 1.04 bits per heavy atom. The van der Waals surface area contributed by atoms with Crippen molar-refractivity contribution in [2.45, 2.75) is 19.5 Å². The van der Waals surface area contributed by atoms with E-state index in [0.717, 1.165) is 11.1 Å². The van der Waals surface area contributed by atoms with Crippen LogP contribution in [0.3, 0.4) is 0 Å². The van der Waals surface area contributed by atoms with Crippen LogP contribution in [0.5, 0.6) is 0 Å². The van der Waals surface area contributed by atoms with Gasteiger partial charge in [-0.1, -0.05) is 42.5 Å². The normalized spacial score (nSPS) is 10.6. The predicted molar refractivity (Wildman–Crippen MR) is 88.9 cm³/mol. The molecule has 1 heterocycles. The summed E-state index contributed by atoms with van der Waals surface area (Å²) in [5.41, 5.74) is 1.70. The first-order valence-corrected chi connectivity index (χ1v) is 7.49. The number of benzene rings is 2. The number of para-hydroxylation sites is 1. The van der Waals surface area contributed by atoms with Gasteiger partial charge in [0.1, 0.15) is 0 Å². The highest BCUT2D eigenvalue weighted by Crippen LogP contribution is 2.08. The molecule has 0 aliphatic rings. The fourth-order valence-corrected chi connectivity index (χ4v) is 2.43. The van der Waals surface area contributed by atoms with Crippen LogP contribution in [0, 0.1) is 0 Å². The zero-order valence-corrected chi connectivity index (χ0v) is 12.6. The van der Waals surface area contributed by atoms with Crippen LogP contribution >= 0.6 is 0 Å². The van der Waals surface area contributed by atoms with Crippen molar-refractivity contribution in [3.63, 3.8) is 0 Å². The van der Waals surface area contributed by atoms with E-state index in [4.69, 9.17) is 0 Å². The maximum atomic E-state index is 12.0. The average molecular weight is 307 g/mol. The van der Waals surface area contributed by atoms with E-state index < -0.39 is 0 Å². The van der Waals surface area contributed by atoms with Crippen molar-refractivity contribution in [3.8, 4) is 0 Å². The van der Waals surface area contributed by atoms with Crippen molar-refractivity contribution < 1.29 is 4.79 Å². The summed E-state index contributed by atoms with van der Waals surface area (Å²) in [6.07, 6.45) is 1.61. The highest BCUT2D eigenvalue weighted by atomic mass is 16.1. The maximum absolute atomic E-state index is 12.0. The number of carbonyl (C=O) groups is 1. The van der Waals surface area contributed by atoms with Crippen molar-refractivity contribution in [1.82, 2.24) is 15.1 Å². The van der Waals surface area contributed by atoms with Gasteiger partial charge in [0.05, 0.1) is 18.3 Å². The molecule has 0 aliphatic heterocycles. The minimum atomic E-state index is -0.106. The summed E-state index contributed by atoms with van der Waals surface area (Å²) >= 11 is 0. The molecule has 0 spiro atoms. The first kappa shape index (κ1) is 15.0. The lowest BCUT2D eigenvalue weighted by Crippen LogP contribution is -2.24. The van der Waals surface area contributed by atoms with Crippen LogP contribution in [-0.4, -0.2) is 15.7 Å². The van der Waals surface area contributed by atoms with Gasteiger partial charge in [-0.2, -0.15) is 5.10 Å². The second-order valence-electron chi connectivity index (χ2n) is 5.26. The third-order valence-corrected chi connectivity index (χ3v) is 3.65. The Morgan fingerprint density at radius 3 is 2.61 bits per heavy atom. The van der Waals surface area contributed by atoms with Gasteiger partial charge in [-0.25, -0.2) is 0 Å². The van der Waals surface area contributed by atoms with Crippen LogP contribution in [0.1, 0.15) is 12.0 Å². The van der Waals surface area contributed by atoms with Crippen molar-refractivity contribution in [2.75, 3.05) is 0 Å². The monoisotopic (exact) mass is 307 g/mol. The molecule has 116 valence electrons. The molecule has 3 rings (SSSR count). The summed E-state index contributed by atoms with van der Waals surface area (Å²) in [5, 5.41) is 7.63. The quantitative estimate of drug-likeness (QED) is 0.785. The summed E-state index contributed by atoms with van der Waals surface area (Å²) in [6.45, 7) is 0.944. The summed E-state index contributed by atoms with van der Waals surface area (Å²) in [7, 11) is 0. The number of amides is 1. The molecule has 3 aromatic rings. The smallest absolute Gasteiger partial charge is 0.222 e. The van der Waals surface area contributed by atoms with Crippen molar-refractivity contribution in [3.05, 3.63) is 76.6 Å². The molecule has 0 atom stereocenters. The van der Waals surface area contributed by atoms with Gasteiger partial charge in [0.25, 0.3) is 0 Å². The molecular formula is C18H17N3O2. The van der Waals surface area contributed by atoms with E-state index >= 15 is 0 Å². The number of rotatable bonds is 5. The fourth-order valence-electron chi connectivity index (χ4n) is 2.43. The largest absolute Gasteiger partial charge is 0.352 e. The number of fused-ring (bicyclic) bond motifs is 1. The molecule has 1 N–H and O–H groups in total. The molecule has 0 bridgehead atoms. The Bertz CT molecular complexity index is 872. The van der Waals surface area contributed by atoms with Crippen molar-refractivity contribution in [1.29, 1.82) is 0 Å². The molecular weight excluding hydrogens is 290 g/mol. The lowest BCUT2D eigenvalue weighted by molar-refractivity contribution is -0.121. The number of aromatic nitrogens is 2. The first-order chi connectivity index (χ1) is 11.2. The van der Waals surface area contributed by atoms with E-state index in [2.05, 4.69) is 10.4 Å². The predicted octanol–water partition coefficient (Wildman–Crippen LogP) is 2.10. The lowest BCUT2D eigenvalue weighted by Gasteiger charge is -2.09. The second-order valence-corrected chi connectivity index (χ2v) is 5.26. The molecule has 5 heteroatoms. The van der Waals surface area contributed by atoms with Crippen LogP contribution in [0.2, 0.25) is 0 Å². The van der Waals surface area contributed by atoms with Gasteiger partial charge in [0, 0.05) is 18.4 Å². The van der Waals surface area contributed by atoms with E-state index in [1.165, 1.54) is 6.20 Å². The molecule has 0 aliphatic carbocycles. The summed E-state index contributed by atoms with van der Waals surface area (Å²) in [6, 6.07) is 17.1. The number of nitrogens with zero attached hydrogens (tertiary/aromatic N) is 2. The van der Waals surface area contributed by atoms with Crippen molar-refractivity contribution in [2.24, 2.45) is 0 Å². The van der Waals surface area contributed by atoms with Gasteiger partial charge in [-0.3, -0.25) is 14.3 Å². The summed E-state index contributed by atoms with van der Waals surface area (Å²) in [5.74, 6) is -0.0431. The third kappa shape index (κ3) is 3.63. The van der Waals surface area contributed by atoms with Gasteiger partial charge in [-0.15, -0.1) is 0 Å². The van der Waals surface area contributed by atoms with Gasteiger partial charge < -0.3 is 5.32 Å². The molecule has 23 heavy (non-hydrogen) atoms. The highest BCUT2D eigenvalue weighted by Gasteiger charge is 2.06. The standard InChI is InChI=1S/C18H17N3O2/c22-17-13-20-21(16-9-5-4-8-15(16)17)11-10-18(23)19-12-14-6-2-1-3-7-14/h1-9,13H,10-12H2,(H,19,23). The Morgan fingerprint density at radius 2 is 1.78 bits per heavy atom. The fraction of sp³-hybridized carbons (Fsp3) is 0.167. The molecule has 1 amide bonds. The van der Waals surface area contributed by atoms with Gasteiger partial charge in [0.2, 0.25) is 11.3 Å². The third-order valence-electron chi connectivity index (χ3n) is 3.65. The van der Waals surface area contributed by atoms with Gasteiger partial charge in [0.15, 0.2) is 0 Å². The minimum absolute atomic E-state index is 0.0431. The average Bonchev–Trinajstić information content (AvgIpc) is 2.60. The molecule has 0 radical (unpaired) electrons. The summed E-state index contributed by atoms with van der Waals surface area (Å²) in [4.78, 5) is 23.8. The number of aryl methyl sites for hydroxylation is 1. The SMILES string of the molecule is O=C(CCn1ncc(=O)c2ccccc21)NCc1ccccc1. The molecule has 1 aromatic heterocycles. The Labute approximate surface area is 133 Å². The number of nitrogens with one attached hydrogen (secondary N) is 1. The van der Waals surface area contributed by atoms with E-state index in [-0.39, 0.29) is 11.3 Å². The van der Waals surface area contributed by atoms with E-state index in [0.29, 0.717) is 24.9 Å². The minimum Gasteiger partial charge on any atom is -0.352 e. The second kappa shape index (κ2) is 6.87. The highest BCUT2D eigenvalue weighted by molar-refractivity contribution is 5.79.